The van der Waals surface area contributed by atoms with Crippen molar-refractivity contribution >= 4 is 42.6 Å². The van der Waals surface area contributed by atoms with Gasteiger partial charge in [-0.2, -0.15) is 4.31 Å². The van der Waals surface area contributed by atoms with Gasteiger partial charge in [-0.05, 0) is 49.2 Å². The van der Waals surface area contributed by atoms with Crippen LogP contribution in [-0.2, 0) is 14.8 Å². The zero-order valence-corrected chi connectivity index (χ0v) is 24.7. The minimum absolute atomic E-state index is 0.104. The minimum atomic E-state index is -3.77. The highest BCUT2D eigenvalue weighted by atomic mass is 32.2. The van der Waals surface area contributed by atoms with E-state index in [4.69, 9.17) is 14.5 Å². The Labute approximate surface area is 240 Å². The summed E-state index contributed by atoms with van der Waals surface area (Å²) in [5, 5.41) is 0.578. The van der Waals surface area contributed by atoms with Crippen molar-refractivity contribution in [3.63, 3.8) is 0 Å². The molecule has 1 aliphatic rings. The summed E-state index contributed by atoms with van der Waals surface area (Å²) in [5.41, 5.74) is 2.16. The Morgan fingerprint density at radius 3 is 2.42 bits per heavy atom. The quantitative estimate of drug-likeness (QED) is 0.276. The van der Waals surface area contributed by atoms with Gasteiger partial charge in [-0.25, -0.2) is 13.4 Å². The molecule has 4 rings (SSSR count). The van der Waals surface area contributed by atoms with Crippen LogP contribution in [0.5, 0.6) is 5.75 Å². The molecule has 2 heterocycles. The number of methoxy groups -OCH3 is 1. The van der Waals surface area contributed by atoms with Crippen molar-refractivity contribution in [2.45, 2.75) is 18.2 Å². The molecule has 0 spiro atoms. The zero-order valence-electron chi connectivity index (χ0n) is 23.0. The zero-order chi connectivity index (χ0) is 28.7. The lowest BCUT2D eigenvalue weighted by Crippen LogP contribution is -2.39. The number of carbonyl (C=O) groups excluding carboxylic acids is 1. The number of nitrogens with zero attached hydrogens (tertiary/aromatic N) is 4. The van der Waals surface area contributed by atoms with Gasteiger partial charge in [0.05, 0.1) is 29.9 Å². The lowest BCUT2D eigenvalue weighted by molar-refractivity contribution is 0.0376. The fourth-order valence-electron chi connectivity index (χ4n) is 4.57. The number of benzene rings is 2. The van der Waals surface area contributed by atoms with Gasteiger partial charge in [0.15, 0.2) is 5.13 Å². The SMILES string of the molecule is C=CCN(CC=C)S(=O)(=O)c1ccc(C(=O)N(CCCN2CCOCC2)c2nc3c(OC)ccc(C)c3s2)cc1. The van der Waals surface area contributed by atoms with Crippen LogP contribution in [0.2, 0.25) is 0 Å². The Hall–Kier alpha value is -3.09. The van der Waals surface area contributed by atoms with E-state index >= 15 is 0 Å². The molecule has 1 fully saturated rings. The highest BCUT2D eigenvalue weighted by molar-refractivity contribution is 7.89. The van der Waals surface area contributed by atoms with Gasteiger partial charge < -0.3 is 9.47 Å². The van der Waals surface area contributed by atoms with Gasteiger partial charge in [0.1, 0.15) is 11.3 Å². The van der Waals surface area contributed by atoms with Crippen molar-refractivity contribution in [3.8, 4) is 5.75 Å². The van der Waals surface area contributed by atoms with E-state index in [-0.39, 0.29) is 23.9 Å². The van der Waals surface area contributed by atoms with Crippen molar-refractivity contribution in [1.82, 2.24) is 14.2 Å². The highest BCUT2D eigenvalue weighted by Crippen LogP contribution is 2.37. The second-order valence-corrected chi connectivity index (χ2v) is 12.4. The lowest BCUT2D eigenvalue weighted by atomic mass is 10.2. The summed E-state index contributed by atoms with van der Waals surface area (Å²) in [6.07, 6.45) is 3.81. The Kier molecular flexibility index (Phi) is 10.1. The number of hydrogen-bond acceptors (Lipinski definition) is 8. The third-order valence-electron chi connectivity index (χ3n) is 6.75. The maximum Gasteiger partial charge on any atom is 0.260 e. The fourth-order valence-corrected chi connectivity index (χ4v) is 7.03. The average Bonchev–Trinajstić information content (AvgIpc) is 3.42. The molecule has 0 saturated carbocycles. The van der Waals surface area contributed by atoms with Crippen LogP contribution in [0, 0.1) is 6.92 Å². The number of ether oxygens (including phenoxy) is 2. The van der Waals surface area contributed by atoms with E-state index in [1.807, 2.05) is 19.1 Å². The number of rotatable bonds is 13. The van der Waals surface area contributed by atoms with Gasteiger partial charge in [0, 0.05) is 44.8 Å². The molecular weight excluding hydrogens is 548 g/mol. The Bertz CT molecular complexity index is 1440. The predicted molar refractivity (Wildman–Crippen MR) is 160 cm³/mol. The Morgan fingerprint density at radius 1 is 1.12 bits per heavy atom. The van der Waals surface area contributed by atoms with E-state index in [0.29, 0.717) is 36.2 Å². The molecular formula is C29H36N4O5S2. The summed E-state index contributed by atoms with van der Waals surface area (Å²) < 4.78 is 39.5. The number of anilines is 1. The van der Waals surface area contributed by atoms with Crippen LogP contribution in [-0.4, -0.2) is 88.1 Å². The van der Waals surface area contributed by atoms with Gasteiger partial charge in [0.2, 0.25) is 10.0 Å². The van der Waals surface area contributed by atoms with Crippen molar-refractivity contribution in [2.24, 2.45) is 0 Å². The lowest BCUT2D eigenvalue weighted by Gasteiger charge is -2.27. The molecule has 0 atom stereocenters. The minimum Gasteiger partial charge on any atom is -0.494 e. The summed E-state index contributed by atoms with van der Waals surface area (Å²) in [6.45, 7) is 14.1. The molecule has 1 aromatic heterocycles. The summed E-state index contributed by atoms with van der Waals surface area (Å²) in [6, 6.07) is 9.92. The van der Waals surface area contributed by atoms with E-state index in [2.05, 4.69) is 18.1 Å². The van der Waals surface area contributed by atoms with E-state index < -0.39 is 10.0 Å². The van der Waals surface area contributed by atoms with Crippen molar-refractivity contribution < 1.29 is 22.7 Å². The van der Waals surface area contributed by atoms with Gasteiger partial charge >= 0.3 is 0 Å². The molecule has 0 N–H and O–H groups in total. The van der Waals surface area contributed by atoms with Crippen LogP contribution in [0.15, 0.2) is 66.6 Å². The molecule has 1 aliphatic heterocycles. The molecule has 214 valence electrons. The van der Waals surface area contributed by atoms with Crippen LogP contribution in [0.1, 0.15) is 22.3 Å². The molecule has 11 heteroatoms. The number of aromatic nitrogens is 1. The maximum absolute atomic E-state index is 13.9. The van der Waals surface area contributed by atoms with E-state index in [0.717, 1.165) is 41.8 Å². The number of carbonyl (C=O) groups is 1. The number of thiazole rings is 1. The number of aryl methyl sites for hydroxylation is 1. The van der Waals surface area contributed by atoms with Crippen LogP contribution < -0.4 is 9.64 Å². The second kappa shape index (κ2) is 13.5. The fraction of sp³-hybridized carbons (Fsp3) is 0.379. The number of morpholine rings is 1. The Morgan fingerprint density at radius 2 is 1.80 bits per heavy atom. The van der Waals surface area contributed by atoms with Gasteiger partial charge in [-0.1, -0.05) is 29.6 Å². The molecule has 1 saturated heterocycles. The first-order valence-electron chi connectivity index (χ1n) is 13.2. The van der Waals surface area contributed by atoms with Crippen molar-refractivity contribution in [2.75, 3.05) is 64.5 Å². The maximum atomic E-state index is 13.9. The average molecular weight is 585 g/mol. The van der Waals surface area contributed by atoms with Gasteiger partial charge in [-0.3, -0.25) is 14.6 Å². The molecule has 0 aliphatic carbocycles. The molecule has 2 aromatic carbocycles. The third-order valence-corrected chi connectivity index (χ3v) is 9.81. The molecule has 0 unspecified atom stereocenters. The van der Waals surface area contributed by atoms with E-state index in [9.17, 15) is 13.2 Å². The number of amides is 1. The largest absolute Gasteiger partial charge is 0.494 e. The van der Waals surface area contributed by atoms with Gasteiger partial charge in [0.25, 0.3) is 5.91 Å². The summed E-state index contributed by atoms with van der Waals surface area (Å²) in [4.78, 5) is 22.8. The van der Waals surface area contributed by atoms with Crippen molar-refractivity contribution in [1.29, 1.82) is 0 Å². The molecule has 0 bridgehead atoms. The first-order chi connectivity index (χ1) is 19.3. The topological polar surface area (TPSA) is 92.3 Å². The number of sulfonamides is 1. The van der Waals surface area contributed by atoms with Crippen LogP contribution >= 0.6 is 11.3 Å². The Balaban J connectivity index is 1.63. The van der Waals surface area contributed by atoms with Crippen LogP contribution in [0.25, 0.3) is 10.2 Å². The first kappa shape index (κ1) is 29.9. The van der Waals surface area contributed by atoms with Crippen LogP contribution in [0.4, 0.5) is 5.13 Å². The highest BCUT2D eigenvalue weighted by Gasteiger charge is 2.26. The predicted octanol–water partition coefficient (Wildman–Crippen LogP) is 4.35. The summed E-state index contributed by atoms with van der Waals surface area (Å²) >= 11 is 1.45. The molecule has 1 amide bonds. The number of hydrogen-bond donors (Lipinski definition) is 0. The summed E-state index contributed by atoms with van der Waals surface area (Å²) in [7, 11) is -2.16. The van der Waals surface area contributed by atoms with Gasteiger partial charge in [-0.15, -0.1) is 13.2 Å². The standard InChI is InChI=1S/C29H36N4O5S2/c1-5-14-32(15-6-2)40(35,36)24-11-9-23(10-12-24)28(34)33(17-7-16-31-18-20-38-21-19-31)29-30-26-25(37-4)13-8-22(3)27(26)39-29/h5-6,8-13H,1-2,7,14-21H2,3-4H3. The third kappa shape index (κ3) is 6.61. The molecule has 9 nitrogen and oxygen atoms in total. The normalized spacial score (nSPS) is 14.4. The number of fused-ring (bicyclic) bond motifs is 1. The molecule has 3 aromatic rings. The van der Waals surface area contributed by atoms with Crippen LogP contribution in [0.3, 0.4) is 0 Å². The monoisotopic (exact) mass is 584 g/mol. The summed E-state index contributed by atoms with van der Waals surface area (Å²) in [5.74, 6) is 0.414. The second-order valence-electron chi connectivity index (χ2n) is 9.45. The molecule has 0 radical (unpaired) electrons. The van der Waals surface area contributed by atoms with Crippen molar-refractivity contribution in [3.05, 3.63) is 72.8 Å². The van der Waals surface area contributed by atoms with E-state index in [1.54, 1.807) is 24.1 Å². The smallest absolute Gasteiger partial charge is 0.260 e. The first-order valence-corrected chi connectivity index (χ1v) is 15.4. The van der Waals surface area contributed by atoms with E-state index in [1.165, 1.54) is 39.9 Å². The molecule has 40 heavy (non-hydrogen) atoms.